The van der Waals surface area contributed by atoms with Crippen LogP contribution in [0.3, 0.4) is 0 Å². The number of hydrazine groups is 1. The molecular formula is C25H26N4O4S. The van der Waals surface area contributed by atoms with Gasteiger partial charge in [-0.15, -0.1) is 0 Å². The molecule has 0 saturated carbocycles. The predicted molar refractivity (Wildman–Crippen MR) is 128 cm³/mol. The number of carbonyl (C=O) groups is 2. The zero-order valence-corrected chi connectivity index (χ0v) is 19.4. The molecule has 1 heterocycles. The quantitative estimate of drug-likeness (QED) is 0.530. The van der Waals surface area contributed by atoms with Crippen molar-refractivity contribution in [3.05, 3.63) is 102 Å². The van der Waals surface area contributed by atoms with E-state index in [0.717, 1.165) is 6.54 Å². The van der Waals surface area contributed by atoms with Crippen LogP contribution in [0.15, 0.2) is 89.8 Å². The predicted octanol–water partition coefficient (Wildman–Crippen LogP) is 2.27. The first-order valence-electron chi connectivity index (χ1n) is 11.0. The van der Waals surface area contributed by atoms with Gasteiger partial charge in [-0.05, 0) is 35.9 Å². The number of rotatable bonds is 6. The van der Waals surface area contributed by atoms with Gasteiger partial charge in [-0.1, -0.05) is 54.6 Å². The van der Waals surface area contributed by atoms with E-state index in [0.29, 0.717) is 31.7 Å². The molecule has 1 fully saturated rings. The van der Waals surface area contributed by atoms with E-state index in [2.05, 4.69) is 27.9 Å². The molecule has 8 nitrogen and oxygen atoms in total. The van der Waals surface area contributed by atoms with Crippen molar-refractivity contribution in [2.24, 2.45) is 0 Å². The van der Waals surface area contributed by atoms with Gasteiger partial charge in [0.2, 0.25) is 10.0 Å². The van der Waals surface area contributed by atoms with Crippen LogP contribution in [-0.2, 0) is 16.6 Å². The summed E-state index contributed by atoms with van der Waals surface area (Å²) < 4.78 is 27.8. The summed E-state index contributed by atoms with van der Waals surface area (Å²) in [7, 11) is -3.75. The summed E-state index contributed by atoms with van der Waals surface area (Å²) in [5, 5.41) is 0. The number of hydrogen-bond acceptors (Lipinski definition) is 5. The second-order valence-electron chi connectivity index (χ2n) is 7.97. The molecule has 1 saturated heterocycles. The van der Waals surface area contributed by atoms with Crippen LogP contribution in [0, 0.1) is 0 Å². The summed E-state index contributed by atoms with van der Waals surface area (Å²) in [5.41, 5.74) is 6.39. The van der Waals surface area contributed by atoms with Gasteiger partial charge >= 0.3 is 0 Å². The maximum Gasteiger partial charge on any atom is 0.269 e. The summed E-state index contributed by atoms with van der Waals surface area (Å²) in [6.07, 6.45) is 0. The van der Waals surface area contributed by atoms with Gasteiger partial charge in [0.05, 0.1) is 4.90 Å². The van der Waals surface area contributed by atoms with Crippen molar-refractivity contribution in [2.75, 3.05) is 26.2 Å². The van der Waals surface area contributed by atoms with Crippen LogP contribution in [0.5, 0.6) is 0 Å². The standard InChI is InChI=1S/C25H26N4O4S/c30-24(21-10-5-2-6-11-21)26-27-25(31)22-12-7-13-23(18-22)34(32,33)29-16-14-28(15-17-29)19-20-8-3-1-4-9-20/h1-13,18H,14-17,19H2,(H,26,30)(H,27,31). The Morgan fingerprint density at radius 3 is 1.91 bits per heavy atom. The largest absolute Gasteiger partial charge is 0.296 e. The number of piperazine rings is 1. The Labute approximate surface area is 199 Å². The summed E-state index contributed by atoms with van der Waals surface area (Å²) in [6, 6.07) is 24.3. The van der Waals surface area contributed by atoms with E-state index < -0.39 is 21.8 Å². The minimum absolute atomic E-state index is 0.0473. The highest BCUT2D eigenvalue weighted by Gasteiger charge is 2.29. The molecule has 3 aromatic rings. The van der Waals surface area contributed by atoms with Gasteiger partial charge in [0.15, 0.2) is 0 Å². The van der Waals surface area contributed by atoms with Gasteiger partial charge in [-0.2, -0.15) is 4.31 Å². The second-order valence-corrected chi connectivity index (χ2v) is 9.91. The first-order chi connectivity index (χ1) is 16.4. The van der Waals surface area contributed by atoms with Crippen LogP contribution >= 0.6 is 0 Å². The number of nitrogens with one attached hydrogen (secondary N) is 2. The zero-order chi connectivity index (χ0) is 24.0. The van der Waals surface area contributed by atoms with Crippen LogP contribution in [0.2, 0.25) is 0 Å². The van der Waals surface area contributed by atoms with Crippen molar-refractivity contribution in [3.8, 4) is 0 Å². The highest BCUT2D eigenvalue weighted by atomic mass is 32.2. The van der Waals surface area contributed by atoms with E-state index in [1.165, 1.54) is 34.1 Å². The summed E-state index contributed by atoms with van der Waals surface area (Å²) in [5.74, 6) is -1.07. The third-order valence-electron chi connectivity index (χ3n) is 5.64. The van der Waals surface area contributed by atoms with Gasteiger partial charge in [-0.3, -0.25) is 25.3 Å². The molecule has 0 unspecified atom stereocenters. The zero-order valence-electron chi connectivity index (χ0n) is 18.6. The fourth-order valence-electron chi connectivity index (χ4n) is 3.76. The van der Waals surface area contributed by atoms with Crippen LogP contribution < -0.4 is 10.9 Å². The Balaban J connectivity index is 1.36. The average molecular weight is 479 g/mol. The number of amides is 2. The van der Waals surface area contributed by atoms with E-state index in [-0.39, 0.29) is 10.5 Å². The Bertz CT molecular complexity index is 1240. The molecule has 2 amide bonds. The number of benzene rings is 3. The normalized spacial score (nSPS) is 14.9. The molecule has 0 radical (unpaired) electrons. The fourth-order valence-corrected chi connectivity index (χ4v) is 5.23. The van der Waals surface area contributed by atoms with E-state index in [1.54, 1.807) is 30.3 Å². The van der Waals surface area contributed by atoms with Crippen LogP contribution in [0.4, 0.5) is 0 Å². The van der Waals surface area contributed by atoms with Gasteiger partial charge in [0, 0.05) is 43.9 Å². The van der Waals surface area contributed by atoms with E-state index in [4.69, 9.17) is 0 Å². The first kappa shape index (κ1) is 23.6. The van der Waals surface area contributed by atoms with E-state index in [9.17, 15) is 18.0 Å². The number of nitrogens with zero attached hydrogens (tertiary/aromatic N) is 2. The molecule has 9 heteroatoms. The highest BCUT2D eigenvalue weighted by Crippen LogP contribution is 2.20. The molecular weight excluding hydrogens is 452 g/mol. The molecule has 3 aromatic carbocycles. The molecule has 0 bridgehead atoms. The molecule has 2 N–H and O–H groups in total. The number of hydrogen-bond donors (Lipinski definition) is 2. The molecule has 1 aliphatic rings. The van der Waals surface area contributed by atoms with Gasteiger partial charge < -0.3 is 0 Å². The summed E-state index contributed by atoms with van der Waals surface area (Å²) in [4.78, 5) is 26.9. The SMILES string of the molecule is O=C(NNC(=O)c1cccc(S(=O)(=O)N2CCN(Cc3ccccc3)CC2)c1)c1ccccc1. The van der Waals surface area contributed by atoms with Crippen LogP contribution in [0.1, 0.15) is 26.3 Å². The molecule has 0 spiro atoms. The van der Waals surface area contributed by atoms with Gasteiger partial charge in [-0.25, -0.2) is 8.42 Å². The molecule has 0 aliphatic carbocycles. The fraction of sp³-hybridized carbons (Fsp3) is 0.200. The minimum atomic E-state index is -3.75. The summed E-state index contributed by atoms with van der Waals surface area (Å²) >= 11 is 0. The molecule has 176 valence electrons. The van der Waals surface area contributed by atoms with Crippen molar-refractivity contribution in [3.63, 3.8) is 0 Å². The molecule has 34 heavy (non-hydrogen) atoms. The third-order valence-corrected chi connectivity index (χ3v) is 7.53. The molecule has 4 rings (SSSR count). The molecule has 0 aromatic heterocycles. The number of carbonyl (C=O) groups excluding carboxylic acids is 2. The van der Waals surface area contributed by atoms with Crippen LogP contribution in [-0.4, -0.2) is 55.6 Å². The maximum absolute atomic E-state index is 13.2. The Morgan fingerprint density at radius 2 is 1.26 bits per heavy atom. The molecule has 0 atom stereocenters. The number of sulfonamides is 1. The second kappa shape index (κ2) is 10.6. The van der Waals surface area contributed by atoms with Crippen molar-refractivity contribution < 1.29 is 18.0 Å². The summed E-state index contributed by atoms with van der Waals surface area (Å²) in [6.45, 7) is 2.77. The Hall–Kier alpha value is -3.53. The van der Waals surface area contributed by atoms with E-state index in [1.807, 2.05) is 18.2 Å². The monoisotopic (exact) mass is 478 g/mol. The van der Waals surface area contributed by atoms with Crippen LogP contribution in [0.25, 0.3) is 0 Å². The van der Waals surface area contributed by atoms with Crippen molar-refractivity contribution >= 4 is 21.8 Å². The van der Waals surface area contributed by atoms with Gasteiger partial charge in [0.25, 0.3) is 11.8 Å². The lowest BCUT2D eigenvalue weighted by atomic mass is 10.2. The lowest BCUT2D eigenvalue weighted by Gasteiger charge is -2.34. The lowest BCUT2D eigenvalue weighted by molar-refractivity contribution is 0.0846. The first-order valence-corrected chi connectivity index (χ1v) is 12.4. The topological polar surface area (TPSA) is 98.8 Å². The van der Waals surface area contributed by atoms with Crippen molar-refractivity contribution in [1.29, 1.82) is 0 Å². The van der Waals surface area contributed by atoms with Crippen molar-refractivity contribution in [2.45, 2.75) is 11.4 Å². The smallest absolute Gasteiger partial charge is 0.269 e. The lowest BCUT2D eigenvalue weighted by Crippen LogP contribution is -2.48. The Kier molecular flexibility index (Phi) is 7.36. The highest BCUT2D eigenvalue weighted by molar-refractivity contribution is 7.89. The van der Waals surface area contributed by atoms with Gasteiger partial charge in [0.1, 0.15) is 0 Å². The Morgan fingerprint density at radius 1 is 0.706 bits per heavy atom. The van der Waals surface area contributed by atoms with Crippen molar-refractivity contribution in [1.82, 2.24) is 20.1 Å². The van der Waals surface area contributed by atoms with E-state index >= 15 is 0 Å². The third kappa shape index (κ3) is 5.69. The maximum atomic E-state index is 13.2. The minimum Gasteiger partial charge on any atom is -0.296 e. The molecule has 1 aliphatic heterocycles. The average Bonchev–Trinajstić information content (AvgIpc) is 2.88.